The zero-order valence-electron chi connectivity index (χ0n) is 18.4. The van der Waals surface area contributed by atoms with Crippen LogP contribution in [0.4, 0.5) is 14.9 Å². The van der Waals surface area contributed by atoms with Gasteiger partial charge >= 0.3 is 6.09 Å². The summed E-state index contributed by atoms with van der Waals surface area (Å²) >= 11 is 0. The third-order valence-corrected chi connectivity index (χ3v) is 4.89. The highest BCUT2D eigenvalue weighted by Gasteiger charge is 2.27. The number of piperidine rings is 1. The molecule has 0 saturated carbocycles. The van der Waals surface area contributed by atoms with Gasteiger partial charge in [-0.1, -0.05) is 6.07 Å². The lowest BCUT2D eigenvalue weighted by atomic mass is 10.1. The van der Waals surface area contributed by atoms with Crippen molar-refractivity contribution in [1.82, 2.24) is 4.90 Å². The molecular weight excluding hydrogens is 399 g/mol. The second-order valence-electron chi connectivity index (χ2n) is 8.75. The van der Waals surface area contributed by atoms with Crippen LogP contribution >= 0.6 is 0 Å². The van der Waals surface area contributed by atoms with E-state index in [0.29, 0.717) is 37.2 Å². The lowest BCUT2D eigenvalue weighted by Gasteiger charge is -2.33. The highest BCUT2D eigenvalue weighted by atomic mass is 19.1. The topological polar surface area (TPSA) is 67.9 Å². The number of carbonyl (C=O) groups is 2. The van der Waals surface area contributed by atoms with Gasteiger partial charge in [0.05, 0.1) is 5.69 Å². The molecule has 0 aliphatic carbocycles. The molecule has 0 aromatic heterocycles. The molecule has 31 heavy (non-hydrogen) atoms. The van der Waals surface area contributed by atoms with Crippen molar-refractivity contribution >= 4 is 17.7 Å². The Morgan fingerprint density at radius 2 is 1.71 bits per heavy atom. The third-order valence-electron chi connectivity index (χ3n) is 4.89. The molecule has 1 aliphatic rings. The summed E-state index contributed by atoms with van der Waals surface area (Å²) in [6.07, 6.45) is 1.09. The number of halogens is 1. The first-order chi connectivity index (χ1) is 14.6. The van der Waals surface area contributed by atoms with E-state index in [-0.39, 0.29) is 23.8 Å². The minimum Gasteiger partial charge on any atom is -0.490 e. The SMILES string of the molecule is Cc1ccc(NC(=O)c2ccc(OC3CCN(C(=O)OC(C)(C)C)CC3)cc2)c(F)c1. The second-order valence-corrected chi connectivity index (χ2v) is 8.75. The van der Waals surface area contributed by atoms with E-state index in [4.69, 9.17) is 9.47 Å². The van der Waals surface area contributed by atoms with E-state index in [1.807, 2.05) is 20.8 Å². The van der Waals surface area contributed by atoms with E-state index in [1.54, 1.807) is 48.2 Å². The van der Waals surface area contributed by atoms with Crippen molar-refractivity contribution < 1.29 is 23.5 Å². The highest BCUT2D eigenvalue weighted by molar-refractivity contribution is 6.04. The molecule has 3 rings (SSSR count). The lowest BCUT2D eigenvalue weighted by molar-refractivity contribution is 0.0126. The fraction of sp³-hybridized carbons (Fsp3) is 0.417. The van der Waals surface area contributed by atoms with Crippen LogP contribution in [0.2, 0.25) is 0 Å². The summed E-state index contributed by atoms with van der Waals surface area (Å²) in [5.41, 5.74) is 0.831. The van der Waals surface area contributed by atoms with Crippen LogP contribution in [0.25, 0.3) is 0 Å². The predicted molar refractivity (Wildman–Crippen MR) is 117 cm³/mol. The minimum absolute atomic E-state index is 0.0139. The maximum Gasteiger partial charge on any atom is 0.410 e. The Morgan fingerprint density at radius 3 is 2.29 bits per heavy atom. The van der Waals surface area contributed by atoms with Gasteiger partial charge < -0.3 is 19.7 Å². The lowest BCUT2D eigenvalue weighted by Crippen LogP contribution is -2.44. The number of nitrogens with zero attached hydrogens (tertiary/aromatic N) is 1. The van der Waals surface area contributed by atoms with Crippen LogP contribution < -0.4 is 10.1 Å². The van der Waals surface area contributed by atoms with Crippen LogP contribution in [0.5, 0.6) is 5.75 Å². The van der Waals surface area contributed by atoms with Gasteiger partial charge in [0.1, 0.15) is 23.3 Å². The molecule has 1 fully saturated rings. The Morgan fingerprint density at radius 1 is 1.06 bits per heavy atom. The fourth-order valence-electron chi connectivity index (χ4n) is 3.28. The first-order valence-electron chi connectivity index (χ1n) is 10.4. The molecule has 166 valence electrons. The number of ether oxygens (including phenoxy) is 2. The van der Waals surface area contributed by atoms with E-state index < -0.39 is 11.4 Å². The van der Waals surface area contributed by atoms with Crippen LogP contribution in [0.1, 0.15) is 49.5 Å². The third kappa shape index (κ3) is 6.44. The standard InChI is InChI=1S/C24H29FN2O4/c1-16-5-10-21(20(25)15-16)26-22(28)17-6-8-18(9-7-17)30-19-11-13-27(14-12-19)23(29)31-24(2,3)4/h5-10,15,19H,11-14H2,1-4H3,(H,26,28). The molecule has 1 N–H and O–H groups in total. The molecule has 0 radical (unpaired) electrons. The normalized spacial score (nSPS) is 14.8. The summed E-state index contributed by atoms with van der Waals surface area (Å²) in [5.74, 6) is -0.209. The van der Waals surface area contributed by atoms with Crippen LogP contribution in [0.15, 0.2) is 42.5 Å². The molecule has 2 aromatic rings. The molecule has 2 aromatic carbocycles. The Hall–Kier alpha value is -3.09. The first-order valence-corrected chi connectivity index (χ1v) is 10.4. The summed E-state index contributed by atoms with van der Waals surface area (Å²) in [5, 5.41) is 2.58. The Kier molecular flexibility index (Phi) is 6.83. The van der Waals surface area contributed by atoms with Crippen molar-refractivity contribution in [2.45, 2.75) is 52.2 Å². The van der Waals surface area contributed by atoms with Crippen LogP contribution in [-0.4, -0.2) is 41.7 Å². The van der Waals surface area contributed by atoms with Gasteiger partial charge in [-0.3, -0.25) is 4.79 Å². The van der Waals surface area contributed by atoms with Gasteiger partial charge in [0.2, 0.25) is 0 Å². The number of hydrogen-bond acceptors (Lipinski definition) is 4. The number of rotatable bonds is 4. The number of carbonyl (C=O) groups excluding carboxylic acids is 2. The van der Waals surface area contributed by atoms with E-state index in [0.717, 1.165) is 5.56 Å². The number of hydrogen-bond donors (Lipinski definition) is 1. The molecule has 0 bridgehead atoms. The van der Waals surface area contributed by atoms with Gasteiger partial charge in [-0.25, -0.2) is 9.18 Å². The molecule has 0 atom stereocenters. The molecule has 0 spiro atoms. The Balaban J connectivity index is 1.51. The maximum atomic E-state index is 13.9. The fourth-order valence-corrected chi connectivity index (χ4v) is 3.28. The number of nitrogens with one attached hydrogen (secondary N) is 1. The average Bonchev–Trinajstić information content (AvgIpc) is 2.70. The van der Waals surface area contributed by atoms with Gasteiger partial charge in [-0.2, -0.15) is 0 Å². The van der Waals surface area contributed by atoms with Crippen LogP contribution in [0.3, 0.4) is 0 Å². The van der Waals surface area contributed by atoms with E-state index in [2.05, 4.69) is 5.32 Å². The van der Waals surface area contributed by atoms with Crippen LogP contribution in [-0.2, 0) is 4.74 Å². The number of amides is 2. The smallest absolute Gasteiger partial charge is 0.410 e. The molecule has 6 nitrogen and oxygen atoms in total. The quantitative estimate of drug-likeness (QED) is 0.730. The van der Waals surface area contributed by atoms with E-state index >= 15 is 0 Å². The highest BCUT2D eigenvalue weighted by Crippen LogP contribution is 2.22. The predicted octanol–water partition coefficient (Wildman–Crippen LogP) is 5.16. The minimum atomic E-state index is -0.510. The summed E-state index contributed by atoms with van der Waals surface area (Å²) in [6, 6.07) is 11.4. The maximum absolute atomic E-state index is 13.9. The number of benzene rings is 2. The van der Waals surface area contributed by atoms with Crippen molar-refractivity contribution in [3.8, 4) is 5.75 Å². The average molecular weight is 429 g/mol. The number of likely N-dealkylation sites (tertiary alicyclic amines) is 1. The zero-order chi connectivity index (χ0) is 22.6. The monoisotopic (exact) mass is 428 g/mol. The molecule has 1 heterocycles. The summed E-state index contributed by atoms with van der Waals surface area (Å²) in [4.78, 5) is 26.2. The summed E-state index contributed by atoms with van der Waals surface area (Å²) in [6.45, 7) is 8.48. The van der Waals surface area contributed by atoms with Gasteiger partial charge in [0.15, 0.2) is 0 Å². The van der Waals surface area contributed by atoms with E-state index in [9.17, 15) is 14.0 Å². The van der Waals surface area contributed by atoms with Crippen LogP contribution in [0, 0.1) is 12.7 Å². The van der Waals surface area contributed by atoms with Gasteiger partial charge in [-0.05, 0) is 69.7 Å². The zero-order valence-corrected chi connectivity index (χ0v) is 18.4. The Bertz CT molecular complexity index is 930. The summed E-state index contributed by atoms with van der Waals surface area (Å²) < 4.78 is 25.3. The van der Waals surface area contributed by atoms with Gasteiger partial charge in [0.25, 0.3) is 5.91 Å². The molecule has 0 unspecified atom stereocenters. The second kappa shape index (κ2) is 9.37. The Labute approximate surface area is 182 Å². The molecule has 1 saturated heterocycles. The van der Waals surface area contributed by atoms with Crippen molar-refractivity contribution in [2.75, 3.05) is 18.4 Å². The molecule has 1 aliphatic heterocycles. The van der Waals surface area contributed by atoms with Crippen molar-refractivity contribution in [3.05, 3.63) is 59.4 Å². The van der Waals surface area contributed by atoms with Crippen molar-refractivity contribution in [3.63, 3.8) is 0 Å². The number of anilines is 1. The van der Waals surface area contributed by atoms with Crippen molar-refractivity contribution in [1.29, 1.82) is 0 Å². The van der Waals surface area contributed by atoms with E-state index in [1.165, 1.54) is 6.07 Å². The van der Waals surface area contributed by atoms with Gasteiger partial charge in [0, 0.05) is 31.5 Å². The molecule has 7 heteroatoms. The molecular formula is C24H29FN2O4. The van der Waals surface area contributed by atoms with Gasteiger partial charge in [-0.15, -0.1) is 0 Å². The molecule has 2 amide bonds. The summed E-state index contributed by atoms with van der Waals surface area (Å²) in [7, 11) is 0. The first kappa shape index (κ1) is 22.6. The van der Waals surface area contributed by atoms with Crippen molar-refractivity contribution in [2.24, 2.45) is 0 Å². The number of aryl methyl sites for hydroxylation is 1. The largest absolute Gasteiger partial charge is 0.490 e.